The van der Waals surface area contributed by atoms with Gasteiger partial charge < -0.3 is 20.5 Å². The summed E-state index contributed by atoms with van der Waals surface area (Å²) in [6.45, 7) is 3.29. The highest BCUT2D eigenvalue weighted by molar-refractivity contribution is 5.64. The van der Waals surface area contributed by atoms with Crippen LogP contribution in [-0.2, 0) is 0 Å². The summed E-state index contributed by atoms with van der Waals surface area (Å²) in [4.78, 5) is 12.1. The first-order valence-electron chi connectivity index (χ1n) is 5.59. The molecule has 0 saturated heterocycles. The van der Waals surface area contributed by atoms with Gasteiger partial charge in [-0.05, 0) is 37.6 Å². The van der Waals surface area contributed by atoms with E-state index in [2.05, 4.69) is 0 Å². The molecule has 0 aliphatic carbocycles. The number of rotatable bonds is 6. The molecule has 3 N–H and O–H groups in total. The van der Waals surface area contributed by atoms with Gasteiger partial charge in [-0.15, -0.1) is 0 Å². The number of hydrogen-bond acceptors (Lipinski definition) is 3. The Morgan fingerprint density at radius 3 is 2.59 bits per heavy atom. The number of nitrogen functional groups attached to an aromatic ring is 1. The average molecular weight is 238 g/mol. The van der Waals surface area contributed by atoms with Crippen LogP contribution in [0.5, 0.6) is 5.75 Å². The lowest BCUT2D eigenvalue weighted by atomic mass is 10.3. The molecule has 0 heterocycles. The molecule has 17 heavy (non-hydrogen) atoms. The molecule has 94 valence electrons. The van der Waals surface area contributed by atoms with Gasteiger partial charge >= 0.3 is 6.09 Å². The number of ether oxygens (including phenoxy) is 1. The van der Waals surface area contributed by atoms with E-state index in [4.69, 9.17) is 15.6 Å². The quantitative estimate of drug-likeness (QED) is 0.587. The topological polar surface area (TPSA) is 75.8 Å². The fourth-order valence-electron chi connectivity index (χ4n) is 1.40. The number of benzene rings is 1. The van der Waals surface area contributed by atoms with Gasteiger partial charge in [-0.2, -0.15) is 0 Å². The molecule has 0 aliphatic rings. The minimum absolute atomic E-state index is 0.487. The van der Waals surface area contributed by atoms with Gasteiger partial charge in [-0.1, -0.05) is 0 Å². The molecule has 0 saturated carbocycles. The smallest absolute Gasteiger partial charge is 0.407 e. The van der Waals surface area contributed by atoms with Crippen molar-refractivity contribution < 1.29 is 14.6 Å². The Labute approximate surface area is 101 Å². The molecule has 1 amide bonds. The summed E-state index contributed by atoms with van der Waals surface area (Å²) in [5.74, 6) is 0.748. The standard InChI is InChI=1S/C12H18N2O3/c1-2-14(12(15)16)8-3-9-17-11-6-4-10(13)5-7-11/h4-7H,2-3,8-9,13H2,1H3,(H,15,16). The summed E-state index contributed by atoms with van der Waals surface area (Å²) in [6.07, 6.45) is -0.218. The molecule has 0 radical (unpaired) electrons. The van der Waals surface area contributed by atoms with Gasteiger partial charge in [0.2, 0.25) is 0 Å². The minimum atomic E-state index is -0.889. The summed E-state index contributed by atoms with van der Waals surface area (Å²) < 4.78 is 5.46. The van der Waals surface area contributed by atoms with Crippen molar-refractivity contribution >= 4 is 11.8 Å². The first-order chi connectivity index (χ1) is 8.13. The maximum atomic E-state index is 10.7. The fourth-order valence-corrected chi connectivity index (χ4v) is 1.40. The zero-order valence-corrected chi connectivity index (χ0v) is 9.93. The van der Waals surface area contributed by atoms with Gasteiger partial charge in [0.05, 0.1) is 6.61 Å². The van der Waals surface area contributed by atoms with Gasteiger partial charge in [0.15, 0.2) is 0 Å². The number of nitrogens with zero attached hydrogens (tertiary/aromatic N) is 1. The molecular formula is C12H18N2O3. The van der Waals surface area contributed by atoms with Crippen molar-refractivity contribution in [2.45, 2.75) is 13.3 Å². The van der Waals surface area contributed by atoms with Crippen LogP contribution in [0.25, 0.3) is 0 Å². The maximum Gasteiger partial charge on any atom is 0.407 e. The average Bonchev–Trinajstić information content (AvgIpc) is 2.31. The highest BCUT2D eigenvalue weighted by atomic mass is 16.5. The van der Waals surface area contributed by atoms with Crippen molar-refractivity contribution in [3.63, 3.8) is 0 Å². The van der Waals surface area contributed by atoms with Gasteiger partial charge in [0, 0.05) is 18.8 Å². The normalized spacial score (nSPS) is 9.94. The lowest BCUT2D eigenvalue weighted by Gasteiger charge is -2.16. The van der Waals surface area contributed by atoms with Crippen LogP contribution in [0.2, 0.25) is 0 Å². The van der Waals surface area contributed by atoms with Crippen molar-refractivity contribution in [3.8, 4) is 5.75 Å². The minimum Gasteiger partial charge on any atom is -0.494 e. The Hall–Kier alpha value is -1.91. The van der Waals surface area contributed by atoms with Crippen LogP contribution in [0.4, 0.5) is 10.5 Å². The second-order valence-corrected chi connectivity index (χ2v) is 3.63. The summed E-state index contributed by atoms with van der Waals surface area (Å²) >= 11 is 0. The molecular weight excluding hydrogens is 220 g/mol. The fraction of sp³-hybridized carbons (Fsp3) is 0.417. The van der Waals surface area contributed by atoms with Crippen molar-refractivity contribution in [1.82, 2.24) is 4.90 Å². The SMILES string of the molecule is CCN(CCCOc1ccc(N)cc1)C(=O)O. The van der Waals surface area contributed by atoms with Crippen LogP contribution in [-0.4, -0.2) is 35.8 Å². The second-order valence-electron chi connectivity index (χ2n) is 3.63. The molecule has 1 rings (SSSR count). The molecule has 0 aliphatic heterocycles. The first kappa shape index (κ1) is 13.2. The monoisotopic (exact) mass is 238 g/mol. The highest BCUT2D eigenvalue weighted by Gasteiger charge is 2.07. The van der Waals surface area contributed by atoms with Crippen LogP contribution in [0.3, 0.4) is 0 Å². The predicted molar refractivity (Wildman–Crippen MR) is 66.2 cm³/mol. The largest absolute Gasteiger partial charge is 0.494 e. The Balaban J connectivity index is 2.24. The lowest BCUT2D eigenvalue weighted by Crippen LogP contribution is -2.30. The molecule has 1 aromatic rings. The van der Waals surface area contributed by atoms with E-state index in [9.17, 15) is 4.79 Å². The number of carboxylic acid groups (broad SMARTS) is 1. The van der Waals surface area contributed by atoms with Crippen molar-refractivity contribution in [2.75, 3.05) is 25.4 Å². The van der Waals surface area contributed by atoms with E-state index in [-0.39, 0.29) is 0 Å². The molecule has 0 aromatic heterocycles. The first-order valence-corrected chi connectivity index (χ1v) is 5.59. The third-order valence-corrected chi connectivity index (χ3v) is 2.37. The van der Waals surface area contributed by atoms with E-state index in [1.54, 1.807) is 24.3 Å². The van der Waals surface area contributed by atoms with Crippen LogP contribution < -0.4 is 10.5 Å². The summed E-state index contributed by atoms with van der Waals surface area (Å²) in [5.41, 5.74) is 6.24. The predicted octanol–water partition coefficient (Wildman–Crippen LogP) is 2.04. The number of anilines is 1. The summed E-state index contributed by atoms with van der Waals surface area (Å²) in [6, 6.07) is 7.13. The third-order valence-electron chi connectivity index (χ3n) is 2.37. The Bertz CT molecular complexity index is 351. The number of nitrogens with two attached hydrogens (primary N) is 1. The Morgan fingerprint density at radius 2 is 2.06 bits per heavy atom. The molecule has 5 heteroatoms. The van der Waals surface area contributed by atoms with Gasteiger partial charge in [-0.3, -0.25) is 0 Å². The maximum absolute atomic E-state index is 10.7. The van der Waals surface area contributed by atoms with Crippen LogP contribution in [0, 0.1) is 0 Å². The number of carbonyl (C=O) groups is 1. The third kappa shape index (κ3) is 4.63. The van der Waals surface area contributed by atoms with Crippen LogP contribution >= 0.6 is 0 Å². The molecule has 5 nitrogen and oxygen atoms in total. The van der Waals surface area contributed by atoms with E-state index in [0.29, 0.717) is 31.8 Å². The number of hydrogen-bond donors (Lipinski definition) is 2. The van der Waals surface area contributed by atoms with Crippen molar-refractivity contribution in [3.05, 3.63) is 24.3 Å². The van der Waals surface area contributed by atoms with Crippen LogP contribution in [0.1, 0.15) is 13.3 Å². The summed E-state index contributed by atoms with van der Waals surface area (Å²) in [7, 11) is 0. The molecule has 0 fully saturated rings. The molecule has 1 aromatic carbocycles. The van der Waals surface area contributed by atoms with E-state index in [1.165, 1.54) is 4.90 Å². The number of amides is 1. The van der Waals surface area contributed by atoms with Crippen molar-refractivity contribution in [2.24, 2.45) is 0 Å². The molecule has 0 atom stereocenters. The van der Waals surface area contributed by atoms with E-state index in [0.717, 1.165) is 5.75 Å². The zero-order valence-electron chi connectivity index (χ0n) is 9.93. The molecule has 0 bridgehead atoms. The molecule has 0 spiro atoms. The van der Waals surface area contributed by atoms with Crippen molar-refractivity contribution in [1.29, 1.82) is 0 Å². The second kappa shape index (κ2) is 6.62. The van der Waals surface area contributed by atoms with Gasteiger partial charge in [-0.25, -0.2) is 4.79 Å². The van der Waals surface area contributed by atoms with Gasteiger partial charge in [0.25, 0.3) is 0 Å². The Morgan fingerprint density at radius 1 is 1.41 bits per heavy atom. The van der Waals surface area contributed by atoms with E-state index >= 15 is 0 Å². The molecule has 0 unspecified atom stereocenters. The summed E-state index contributed by atoms with van der Waals surface area (Å²) in [5, 5.41) is 8.79. The Kier molecular flexibility index (Phi) is 5.13. The zero-order chi connectivity index (χ0) is 12.7. The lowest BCUT2D eigenvalue weighted by molar-refractivity contribution is 0.144. The van der Waals surface area contributed by atoms with E-state index < -0.39 is 6.09 Å². The highest BCUT2D eigenvalue weighted by Crippen LogP contribution is 2.13. The van der Waals surface area contributed by atoms with Gasteiger partial charge in [0.1, 0.15) is 5.75 Å². The van der Waals surface area contributed by atoms with E-state index in [1.807, 2.05) is 6.92 Å². The van der Waals surface area contributed by atoms with Crippen LogP contribution in [0.15, 0.2) is 24.3 Å².